The van der Waals surface area contributed by atoms with Crippen molar-refractivity contribution >= 4 is 67.8 Å². The van der Waals surface area contributed by atoms with Gasteiger partial charge in [0.05, 0.1) is 17.7 Å². The molecule has 6 nitrogen and oxygen atoms in total. The first-order chi connectivity index (χ1) is 17.4. The molecule has 4 aromatic rings. The number of thiophene rings is 1. The Labute approximate surface area is 223 Å². The average Bonchev–Trinajstić information content (AvgIpc) is 3.25. The zero-order chi connectivity index (χ0) is 25.2. The Morgan fingerprint density at radius 2 is 1.67 bits per heavy atom. The summed E-state index contributed by atoms with van der Waals surface area (Å²) < 4.78 is 6.32. The van der Waals surface area contributed by atoms with Gasteiger partial charge in [0.25, 0.3) is 11.8 Å². The van der Waals surface area contributed by atoms with E-state index >= 15 is 0 Å². The number of fused-ring (bicyclic) bond motifs is 1. The van der Waals surface area contributed by atoms with Crippen molar-refractivity contribution < 1.29 is 14.3 Å². The van der Waals surface area contributed by atoms with Gasteiger partial charge in [-0.2, -0.15) is 0 Å². The van der Waals surface area contributed by atoms with Crippen LogP contribution < -0.4 is 15.0 Å². The van der Waals surface area contributed by atoms with Crippen LogP contribution in [0.5, 0.6) is 5.75 Å². The molecule has 0 unspecified atom stereocenters. The van der Waals surface area contributed by atoms with Gasteiger partial charge in [-0.3, -0.25) is 9.59 Å². The zero-order valence-corrected chi connectivity index (χ0v) is 21.8. The first-order valence-corrected chi connectivity index (χ1v) is 13.0. The van der Waals surface area contributed by atoms with Gasteiger partial charge in [-0.25, -0.2) is 0 Å². The summed E-state index contributed by atoms with van der Waals surface area (Å²) in [5, 5.41) is 4.80. The van der Waals surface area contributed by atoms with Crippen molar-refractivity contribution in [3.63, 3.8) is 0 Å². The van der Waals surface area contributed by atoms with E-state index in [0.29, 0.717) is 58.1 Å². The minimum absolute atomic E-state index is 0.0908. The van der Waals surface area contributed by atoms with Gasteiger partial charge in [0.1, 0.15) is 10.6 Å². The molecule has 1 fully saturated rings. The third kappa shape index (κ3) is 4.87. The normalized spacial score (nSPS) is 13.6. The van der Waals surface area contributed by atoms with Crippen LogP contribution in [0.25, 0.3) is 10.1 Å². The van der Waals surface area contributed by atoms with Crippen LogP contribution in [0.15, 0.2) is 66.7 Å². The monoisotopic (exact) mass is 539 g/mol. The topological polar surface area (TPSA) is 61.9 Å². The van der Waals surface area contributed by atoms with E-state index in [9.17, 15) is 9.59 Å². The molecule has 2 amide bonds. The van der Waals surface area contributed by atoms with E-state index in [1.807, 2.05) is 53.4 Å². The van der Waals surface area contributed by atoms with E-state index in [1.165, 1.54) is 11.3 Å². The van der Waals surface area contributed by atoms with Crippen molar-refractivity contribution in [3.05, 3.63) is 87.2 Å². The number of hydrogen-bond acceptors (Lipinski definition) is 5. The molecule has 0 spiro atoms. The molecule has 1 saturated heterocycles. The lowest BCUT2D eigenvalue weighted by molar-refractivity contribution is 0.0743. The Morgan fingerprint density at radius 3 is 2.36 bits per heavy atom. The molecule has 1 N–H and O–H groups in total. The van der Waals surface area contributed by atoms with E-state index in [2.05, 4.69) is 10.2 Å². The van der Waals surface area contributed by atoms with E-state index in [0.717, 1.165) is 15.8 Å². The van der Waals surface area contributed by atoms with Crippen LogP contribution in [-0.4, -0.2) is 50.0 Å². The van der Waals surface area contributed by atoms with Crippen molar-refractivity contribution in [2.75, 3.05) is 43.5 Å². The molecule has 184 valence electrons. The molecule has 2 heterocycles. The van der Waals surface area contributed by atoms with Gasteiger partial charge < -0.3 is 19.9 Å². The van der Waals surface area contributed by atoms with Gasteiger partial charge in [-0.05, 0) is 48.5 Å². The maximum atomic E-state index is 13.0. The number of benzene rings is 3. The average molecular weight is 540 g/mol. The number of nitrogens with one attached hydrogen (secondary N) is 1. The number of ether oxygens (including phenoxy) is 1. The van der Waals surface area contributed by atoms with Gasteiger partial charge in [0.15, 0.2) is 0 Å². The Kier molecular flexibility index (Phi) is 7.05. The van der Waals surface area contributed by atoms with Crippen LogP contribution in [0, 0.1) is 0 Å². The standard InChI is InChI=1S/C27H23Cl2N3O3S/c1-35-22-11-6-17(28)16-21(22)27(34)32-14-12-31(13-15-32)19-9-7-18(8-10-19)30-26(33)25-24(29)20-4-2-3-5-23(20)36-25/h2-11,16H,12-15H2,1H3,(H,30,33). The third-order valence-corrected chi connectivity index (χ3v) is 8.10. The molecule has 9 heteroatoms. The second kappa shape index (κ2) is 10.4. The number of methoxy groups -OCH3 is 1. The summed E-state index contributed by atoms with van der Waals surface area (Å²) in [6, 6.07) is 20.5. The Morgan fingerprint density at radius 1 is 0.944 bits per heavy atom. The maximum Gasteiger partial charge on any atom is 0.267 e. The van der Waals surface area contributed by atoms with Gasteiger partial charge >= 0.3 is 0 Å². The Hall–Kier alpha value is -3.26. The molecule has 1 aromatic heterocycles. The summed E-state index contributed by atoms with van der Waals surface area (Å²) >= 11 is 13.9. The highest BCUT2D eigenvalue weighted by Crippen LogP contribution is 2.35. The second-order valence-electron chi connectivity index (χ2n) is 8.37. The van der Waals surface area contributed by atoms with Crippen LogP contribution in [0.2, 0.25) is 10.0 Å². The number of carbonyl (C=O) groups is 2. The molecule has 1 aliphatic rings. The maximum absolute atomic E-state index is 13.0. The first kappa shape index (κ1) is 24.4. The fourth-order valence-electron chi connectivity index (χ4n) is 4.29. The molecule has 0 atom stereocenters. The minimum atomic E-state index is -0.225. The molecule has 0 aliphatic carbocycles. The highest BCUT2D eigenvalue weighted by molar-refractivity contribution is 7.21. The minimum Gasteiger partial charge on any atom is -0.496 e. The predicted octanol–water partition coefficient (Wildman–Crippen LogP) is 6.43. The fraction of sp³-hybridized carbons (Fsp3) is 0.185. The van der Waals surface area contributed by atoms with E-state index in [-0.39, 0.29) is 11.8 Å². The van der Waals surface area contributed by atoms with Gasteiger partial charge in [-0.1, -0.05) is 41.4 Å². The number of amides is 2. The smallest absolute Gasteiger partial charge is 0.267 e. The largest absolute Gasteiger partial charge is 0.496 e. The third-order valence-electron chi connectivity index (χ3n) is 6.19. The van der Waals surface area contributed by atoms with Crippen LogP contribution >= 0.6 is 34.5 Å². The highest BCUT2D eigenvalue weighted by Gasteiger charge is 2.25. The van der Waals surface area contributed by atoms with Crippen LogP contribution in [0.4, 0.5) is 11.4 Å². The molecule has 5 rings (SSSR count). The van der Waals surface area contributed by atoms with Crippen molar-refractivity contribution in [3.8, 4) is 5.75 Å². The fourth-order valence-corrected chi connectivity index (χ4v) is 5.87. The molecule has 36 heavy (non-hydrogen) atoms. The van der Waals surface area contributed by atoms with E-state index in [4.69, 9.17) is 27.9 Å². The summed E-state index contributed by atoms with van der Waals surface area (Å²) in [4.78, 5) is 30.4. The van der Waals surface area contributed by atoms with Crippen LogP contribution in [-0.2, 0) is 0 Å². The molecular formula is C27H23Cl2N3O3S. The molecule has 0 bridgehead atoms. The Bertz CT molecular complexity index is 1430. The van der Waals surface area contributed by atoms with Crippen molar-refractivity contribution in [1.82, 2.24) is 4.90 Å². The Balaban J connectivity index is 1.21. The number of piperazine rings is 1. The SMILES string of the molecule is COc1ccc(Cl)cc1C(=O)N1CCN(c2ccc(NC(=O)c3sc4ccccc4c3Cl)cc2)CC1. The number of nitrogens with zero attached hydrogens (tertiary/aromatic N) is 2. The summed E-state index contributed by atoms with van der Waals surface area (Å²) in [5.74, 6) is 0.200. The summed E-state index contributed by atoms with van der Waals surface area (Å²) in [7, 11) is 1.54. The molecular weight excluding hydrogens is 517 g/mol. The summed E-state index contributed by atoms with van der Waals surface area (Å²) in [5.41, 5.74) is 2.19. The van der Waals surface area contributed by atoms with Crippen molar-refractivity contribution in [2.45, 2.75) is 0 Å². The summed E-state index contributed by atoms with van der Waals surface area (Å²) in [6.07, 6.45) is 0. The molecule has 0 radical (unpaired) electrons. The van der Waals surface area contributed by atoms with E-state index < -0.39 is 0 Å². The zero-order valence-electron chi connectivity index (χ0n) is 19.5. The van der Waals surface area contributed by atoms with Crippen molar-refractivity contribution in [2.24, 2.45) is 0 Å². The van der Waals surface area contributed by atoms with Crippen molar-refractivity contribution in [1.29, 1.82) is 0 Å². The van der Waals surface area contributed by atoms with Gasteiger partial charge in [0.2, 0.25) is 0 Å². The number of rotatable bonds is 5. The predicted molar refractivity (Wildman–Crippen MR) is 147 cm³/mol. The quantitative estimate of drug-likeness (QED) is 0.317. The number of halogens is 2. The van der Waals surface area contributed by atoms with E-state index in [1.54, 1.807) is 25.3 Å². The number of carbonyl (C=O) groups excluding carboxylic acids is 2. The molecule has 3 aromatic carbocycles. The lowest BCUT2D eigenvalue weighted by atomic mass is 10.1. The summed E-state index contributed by atoms with van der Waals surface area (Å²) in [6.45, 7) is 2.55. The van der Waals surface area contributed by atoms with Crippen LogP contribution in [0.3, 0.4) is 0 Å². The number of anilines is 2. The highest BCUT2D eigenvalue weighted by atomic mass is 35.5. The number of hydrogen-bond donors (Lipinski definition) is 1. The molecule has 1 aliphatic heterocycles. The van der Waals surface area contributed by atoms with Gasteiger partial charge in [0, 0.05) is 52.7 Å². The van der Waals surface area contributed by atoms with Gasteiger partial charge in [-0.15, -0.1) is 11.3 Å². The lowest BCUT2D eigenvalue weighted by Gasteiger charge is -2.36. The molecule has 0 saturated carbocycles. The first-order valence-electron chi connectivity index (χ1n) is 11.4. The second-order valence-corrected chi connectivity index (χ2v) is 10.2. The lowest BCUT2D eigenvalue weighted by Crippen LogP contribution is -2.48. The van der Waals surface area contributed by atoms with Crippen LogP contribution in [0.1, 0.15) is 20.0 Å².